The number of morpholine rings is 1. The number of aromatic nitrogens is 7. The monoisotopic (exact) mass is 700 g/mol. The van der Waals surface area contributed by atoms with E-state index in [2.05, 4.69) is 50.2 Å². The van der Waals surface area contributed by atoms with E-state index < -0.39 is 0 Å². The van der Waals surface area contributed by atoms with Gasteiger partial charge in [-0.05, 0) is 64.2 Å². The Hall–Kier alpha value is -4.62. The highest BCUT2D eigenvalue weighted by Crippen LogP contribution is 2.35. The standard InChI is InChI=1S/C36H48N10O5/c1-25-19-44(20-26(2)50-25)31-7-9-32(10-8-31)46-22-33(35(43-46)49-14-13-48-12-11-47-4)42-36-39-17-30(18-40-36)28-5-6-29(16-37)34(15-28)51-27(3)21-45-24-38-23-41-45/h5-6,15,17-18,22-27,31-32H,7-14,19-21H2,1-4H3,(H,39,40,42)/t25-,26+,27-,31?,32?/m0/s1. The molecule has 0 radical (unpaired) electrons. The lowest BCUT2D eigenvalue weighted by atomic mass is 9.89. The SMILES string of the molecule is COCCOCCOc1nn(C2CCC(N3C[C@@H](C)O[C@@H](C)C3)CC2)cc1Nc1ncc(-c2ccc(C#N)c(O[C@@H](C)Cn3cncn3)c2)cn1. The number of hydrogen-bond donors (Lipinski definition) is 1. The lowest BCUT2D eigenvalue weighted by molar-refractivity contribution is -0.0852. The smallest absolute Gasteiger partial charge is 0.257 e. The van der Waals surface area contributed by atoms with Gasteiger partial charge in [-0.15, -0.1) is 5.10 Å². The molecule has 0 unspecified atom stereocenters. The molecule has 1 aliphatic heterocycles. The van der Waals surface area contributed by atoms with E-state index in [9.17, 15) is 5.26 Å². The van der Waals surface area contributed by atoms with E-state index in [0.717, 1.165) is 49.9 Å². The zero-order valence-corrected chi connectivity index (χ0v) is 29.8. The highest BCUT2D eigenvalue weighted by Gasteiger charge is 2.32. The zero-order valence-electron chi connectivity index (χ0n) is 29.8. The van der Waals surface area contributed by atoms with Crippen molar-refractivity contribution < 1.29 is 23.7 Å². The van der Waals surface area contributed by atoms with Crippen molar-refractivity contribution in [1.82, 2.24) is 39.4 Å². The topological polar surface area (TPSA) is 160 Å². The maximum Gasteiger partial charge on any atom is 0.257 e. The Morgan fingerprint density at radius 1 is 1.00 bits per heavy atom. The van der Waals surface area contributed by atoms with Crippen LogP contribution in [0.5, 0.6) is 11.6 Å². The van der Waals surface area contributed by atoms with Crippen molar-refractivity contribution >= 4 is 11.6 Å². The Kier molecular flexibility index (Phi) is 12.4. The fourth-order valence-corrected chi connectivity index (χ4v) is 6.80. The van der Waals surface area contributed by atoms with E-state index in [1.165, 1.54) is 6.33 Å². The molecule has 1 aromatic carbocycles. The predicted octanol–water partition coefficient (Wildman–Crippen LogP) is 4.65. The molecule has 15 heteroatoms. The van der Waals surface area contributed by atoms with E-state index >= 15 is 0 Å². The molecule has 1 N–H and O–H groups in total. The van der Waals surface area contributed by atoms with Gasteiger partial charge in [0.15, 0.2) is 0 Å². The van der Waals surface area contributed by atoms with Crippen molar-refractivity contribution in [3.8, 4) is 28.8 Å². The van der Waals surface area contributed by atoms with E-state index in [0.29, 0.717) is 67.8 Å². The summed E-state index contributed by atoms with van der Waals surface area (Å²) in [5.41, 5.74) is 2.73. The molecule has 1 aliphatic carbocycles. The summed E-state index contributed by atoms with van der Waals surface area (Å²) in [5.74, 6) is 1.36. The van der Waals surface area contributed by atoms with Crippen LogP contribution >= 0.6 is 0 Å². The summed E-state index contributed by atoms with van der Waals surface area (Å²) >= 11 is 0. The fraction of sp³-hybridized carbons (Fsp3) is 0.556. The van der Waals surface area contributed by atoms with E-state index in [1.54, 1.807) is 36.6 Å². The number of nitrogens with zero attached hydrogens (tertiary/aromatic N) is 9. The van der Waals surface area contributed by atoms with Gasteiger partial charge >= 0.3 is 0 Å². The van der Waals surface area contributed by atoms with Gasteiger partial charge in [-0.1, -0.05) is 6.07 Å². The van der Waals surface area contributed by atoms with Crippen LogP contribution in [0.2, 0.25) is 0 Å². The first-order valence-electron chi connectivity index (χ1n) is 17.7. The van der Waals surface area contributed by atoms with E-state index in [1.807, 2.05) is 29.9 Å². The van der Waals surface area contributed by atoms with Gasteiger partial charge in [0.2, 0.25) is 5.95 Å². The molecule has 4 heterocycles. The molecule has 0 bridgehead atoms. The van der Waals surface area contributed by atoms with Gasteiger partial charge in [-0.2, -0.15) is 10.4 Å². The van der Waals surface area contributed by atoms with Gasteiger partial charge in [0.05, 0.1) is 56.4 Å². The number of nitrogens with one attached hydrogen (secondary N) is 1. The van der Waals surface area contributed by atoms with Crippen LogP contribution in [0.15, 0.2) is 49.4 Å². The summed E-state index contributed by atoms with van der Waals surface area (Å²) in [6.07, 6.45) is 13.2. The molecule has 2 fully saturated rings. The molecule has 15 nitrogen and oxygen atoms in total. The highest BCUT2D eigenvalue weighted by molar-refractivity contribution is 5.67. The molecule has 6 rings (SSSR count). The number of hydrogen-bond acceptors (Lipinski definition) is 13. The molecule has 51 heavy (non-hydrogen) atoms. The maximum atomic E-state index is 9.69. The van der Waals surface area contributed by atoms with Crippen molar-refractivity contribution in [1.29, 1.82) is 5.26 Å². The maximum absolute atomic E-state index is 9.69. The number of ether oxygens (including phenoxy) is 5. The highest BCUT2D eigenvalue weighted by atomic mass is 16.5. The third kappa shape index (κ3) is 9.79. The van der Waals surface area contributed by atoms with Crippen LogP contribution in [0, 0.1) is 11.3 Å². The van der Waals surface area contributed by atoms with Crippen LogP contribution in [0.25, 0.3) is 11.1 Å². The average molecular weight is 701 g/mol. The van der Waals surface area contributed by atoms with Crippen LogP contribution in [0.3, 0.4) is 0 Å². The van der Waals surface area contributed by atoms with Crippen molar-refractivity contribution in [2.45, 2.75) is 83.4 Å². The largest absolute Gasteiger partial charge is 0.487 e. The van der Waals surface area contributed by atoms with Crippen LogP contribution < -0.4 is 14.8 Å². The van der Waals surface area contributed by atoms with E-state index in [-0.39, 0.29) is 24.4 Å². The minimum absolute atomic E-state index is 0.237. The summed E-state index contributed by atoms with van der Waals surface area (Å²) in [5, 5.41) is 22.0. The molecule has 1 saturated heterocycles. The molecule has 272 valence electrons. The molecule has 0 spiro atoms. The first-order chi connectivity index (χ1) is 24.9. The fourth-order valence-electron chi connectivity index (χ4n) is 6.80. The average Bonchev–Trinajstić information content (AvgIpc) is 3.79. The summed E-state index contributed by atoms with van der Waals surface area (Å²) < 4.78 is 32.6. The Balaban J connectivity index is 1.12. The van der Waals surface area contributed by atoms with Gasteiger partial charge in [-0.25, -0.2) is 19.6 Å². The lowest BCUT2D eigenvalue weighted by Crippen LogP contribution is -2.51. The summed E-state index contributed by atoms with van der Waals surface area (Å²) in [6, 6.07) is 8.48. The van der Waals surface area contributed by atoms with E-state index in [4.69, 9.17) is 28.8 Å². The van der Waals surface area contributed by atoms with Gasteiger partial charge in [-0.3, -0.25) is 9.58 Å². The minimum atomic E-state index is -0.237. The molecule has 0 amide bonds. The van der Waals surface area contributed by atoms with Crippen LogP contribution in [0.4, 0.5) is 11.6 Å². The predicted molar refractivity (Wildman–Crippen MR) is 189 cm³/mol. The van der Waals surface area contributed by atoms with Crippen molar-refractivity contribution in [3.05, 3.63) is 55.0 Å². The quantitative estimate of drug-likeness (QED) is 0.161. The van der Waals surface area contributed by atoms with Crippen LogP contribution in [0.1, 0.15) is 58.1 Å². The van der Waals surface area contributed by atoms with Gasteiger partial charge in [0.1, 0.15) is 42.9 Å². The molecule has 1 saturated carbocycles. The second-order valence-corrected chi connectivity index (χ2v) is 13.2. The summed E-state index contributed by atoms with van der Waals surface area (Å²) in [7, 11) is 1.65. The van der Waals surface area contributed by atoms with Gasteiger partial charge in [0, 0.05) is 44.2 Å². The first-order valence-corrected chi connectivity index (χ1v) is 17.7. The Labute approximate surface area is 298 Å². The zero-order chi connectivity index (χ0) is 35.6. The third-order valence-electron chi connectivity index (χ3n) is 9.17. The molecule has 4 aromatic rings. The summed E-state index contributed by atoms with van der Waals surface area (Å²) in [6.45, 7) is 10.5. The van der Waals surface area contributed by atoms with Crippen LogP contribution in [-0.2, 0) is 20.8 Å². The molecule has 3 atom stereocenters. The van der Waals surface area contributed by atoms with Crippen molar-refractivity contribution in [2.24, 2.45) is 0 Å². The van der Waals surface area contributed by atoms with Gasteiger partial charge in [0.25, 0.3) is 5.88 Å². The molecular weight excluding hydrogens is 652 g/mol. The Bertz CT molecular complexity index is 1690. The van der Waals surface area contributed by atoms with Crippen molar-refractivity contribution in [2.75, 3.05) is 51.9 Å². The lowest BCUT2D eigenvalue weighted by Gasteiger charge is -2.42. The minimum Gasteiger partial charge on any atom is -0.487 e. The molecule has 3 aromatic heterocycles. The third-order valence-corrected chi connectivity index (χ3v) is 9.17. The number of anilines is 2. The molecule has 2 aliphatic rings. The van der Waals surface area contributed by atoms with Crippen molar-refractivity contribution in [3.63, 3.8) is 0 Å². The Morgan fingerprint density at radius 2 is 1.75 bits per heavy atom. The van der Waals surface area contributed by atoms with Crippen LogP contribution in [-0.4, -0.2) is 110 Å². The molecular formula is C36H48N10O5. The number of benzene rings is 1. The summed E-state index contributed by atoms with van der Waals surface area (Å²) in [4.78, 5) is 15.8. The normalized spacial score (nSPS) is 21.5. The number of methoxy groups -OCH3 is 1. The second-order valence-electron chi connectivity index (χ2n) is 13.2. The number of nitriles is 1. The Morgan fingerprint density at radius 3 is 2.45 bits per heavy atom. The van der Waals surface area contributed by atoms with Gasteiger partial charge < -0.3 is 29.0 Å². The number of rotatable bonds is 16. The second kappa shape index (κ2) is 17.5. The first kappa shape index (κ1) is 36.2.